The first kappa shape index (κ1) is 14.5. The molecule has 1 rings (SSSR count). The van der Waals surface area contributed by atoms with Gasteiger partial charge in [0.1, 0.15) is 5.75 Å². The number of benzene rings is 1. The molecule has 1 amide bonds. The Labute approximate surface area is 109 Å². The molecule has 3 N–H and O–H groups in total. The van der Waals surface area contributed by atoms with E-state index in [4.69, 9.17) is 10.5 Å². The topological polar surface area (TPSA) is 64.3 Å². The molecule has 0 saturated carbocycles. The van der Waals surface area contributed by atoms with E-state index in [1.54, 1.807) is 0 Å². The summed E-state index contributed by atoms with van der Waals surface area (Å²) in [4.78, 5) is 11.3. The second-order valence-electron chi connectivity index (χ2n) is 4.22. The van der Waals surface area contributed by atoms with E-state index >= 15 is 0 Å². The number of carbonyl (C=O) groups excluding carboxylic acids is 1. The lowest BCUT2D eigenvalue weighted by Crippen LogP contribution is -2.29. The molecular weight excluding hydrogens is 228 g/mol. The summed E-state index contributed by atoms with van der Waals surface area (Å²) in [5.41, 5.74) is 7.00. The lowest BCUT2D eigenvalue weighted by Gasteiger charge is -2.10. The minimum Gasteiger partial charge on any atom is -0.484 e. The molecular formula is C14H22N2O2. The number of rotatable bonds is 7. The normalized spacial score (nSPS) is 11.9. The summed E-state index contributed by atoms with van der Waals surface area (Å²) in [5.74, 6) is 0.597. The van der Waals surface area contributed by atoms with Gasteiger partial charge >= 0.3 is 0 Å². The predicted octanol–water partition coefficient (Wildman–Crippen LogP) is 2.00. The molecule has 0 aliphatic carbocycles. The zero-order valence-electron chi connectivity index (χ0n) is 11.1. The summed E-state index contributed by atoms with van der Waals surface area (Å²) in [7, 11) is 0. The molecule has 4 heteroatoms. The Morgan fingerprint density at radius 1 is 1.33 bits per heavy atom. The first-order valence-electron chi connectivity index (χ1n) is 6.42. The molecule has 0 heterocycles. The Morgan fingerprint density at radius 3 is 2.56 bits per heavy atom. The first-order valence-corrected chi connectivity index (χ1v) is 6.42. The molecule has 0 radical (unpaired) electrons. The number of nitrogens with two attached hydrogens (primary N) is 1. The van der Waals surface area contributed by atoms with Gasteiger partial charge in [-0.2, -0.15) is 0 Å². The quantitative estimate of drug-likeness (QED) is 0.778. The number of nitrogens with one attached hydrogen (secondary N) is 1. The Kier molecular flexibility index (Phi) is 6.22. The fourth-order valence-electron chi connectivity index (χ4n) is 1.51. The summed E-state index contributed by atoms with van der Waals surface area (Å²) in [6.45, 7) is 4.80. The van der Waals surface area contributed by atoms with Crippen LogP contribution in [0.2, 0.25) is 0 Å². The van der Waals surface area contributed by atoms with E-state index < -0.39 is 0 Å². The molecule has 18 heavy (non-hydrogen) atoms. The van der Waals surface area contributed by atoms with E-state index in [0.717, 1.165) is 18.4 Å². The highest BCUT2D eigenvalue weighted by Crippen LogP contribution is 2.18. The van der Waals surface area contributed by atoms with Gasteiger partial charge in [-0.1, -0.05) is 26.0 Å². The fourth-order valence-corrected chi connectivity index (χ4v) is 1.51. The fraction of sp³-hybridized carbons (Fsp3) is 0.500. The molecule has 0 aliphatic heterocycles. The van der Waals surface area contributed by atoms with Crippen molar-refractivity contribution < 1.29 is 9.53 Å². The van der Waals surface area contributed by atoms with Crippen LogP contribution < -0.4 is 15.8 Å². The van der Waals surface area contributed by atoms with Crippen LogP contribution in [0.15, 0.2) is 24.3 Å². The molecule has 0 fully saturated rings. The highest BCUT2D eigenvalue weighted by Gasteiger charge is 2.04. The summed E-state index contributed by atoms with van der Waals surface area (Å²) >= 11 is 0. The van der Waals surface area contributed by atoms with Gasteiger partial charge in [-0.25, -0.2) is 0 Å². The van der Waals surface area contributed by atoms with Crippen molar-refractivity contribution in [3.63, 3.8) is 0 Å². The molecule has 1 atom stereocenters. The largest absolute Gasteiger partial charge is 0.484 e. The van der Waals surface area contributed by atoms with Crippen LogP contribution in [0.1, 0.15) is 38.3 Å². The highest BCUT2D eigenvalue weighted by atomic mass is 16.5. The Morgan fingerprint density at radius 2 is 2.00 bits per heavy atom. The van der Waals surface area contributed by atoms with Crippen LogP contribution in [0.5, 0.6) is 5.75 Å². The van der Waals surface area contributed by atoms with Crippen molar-refractivity contribution in [1.82, 2.24) is 5.32 Å². The number of hydrogen-bond donors (Lipinski definition) is 2. The van der Waals surface area contributed by atoms with Crippen molar-refractivity contribution in [1.29, 1.82) is 0 Å². The SMILES string of the molecule is CCCNC(=O)COc1ccc([C@@H](N)CC)cc1. The maximum atomic E-state index is 11.3. The zero-order chi connectivity index (χ0) is 13.4. The number of amides is 1. The van der Waals surface area contributed by atoms with Crippen molar-refractivity contribution >= 4 is 5.91 Å². The third-order valence-corrected chi connectivity index (χ3v) is 2.69. The van der Waals surface area contributed by atoms with Gasteiger partial charge in [-0.05, 0) is 30.5 Å². The molecule has 1 aromatic carbocycles. The van der Waals surface area contributed by atoms with Crippen molar-refractivity contribution in [2.24, 2.45) is 5.73 Å². The van der Waals surface area contributed by atoms with Crippen molar-refractivity contribution in [3.8, 4) is 5.75 Å². The second kappa shape index (κ2) is 7.71. The van der Waals surface area contributed by atoms with Crippen LogP contribution in [0.3, 0.4) is 0 Å². The van der Waals surface area contributed by atoms with E-state index in [0.29, 0.717) is 12.3 Å². The number of ether oxygens (including phenoxy) is 1. The molecule has 0 spiro atoms. The van der Waals surface area contributed by atoms with Crippen LogP contribution in [-0.4, -0.2) is 19.1 Å². The van der Waals surface area contributed by atoms with Crippen LogP contribution in [0.4, 0.5) is 0 Å². The highest BCUT2D eigenvalue weighted by molar-refractivity contribution is 5.77. The average molecular weight is 250 g/mol. The standard InChI is InChI=1S/C14H22N2O2/c1-3-9-16-14(17)10-18-12-7-5-11(6-8-12)13(15)4-2/h5-8,13H,3-4,9-10,15H2,1-2H3,(H,16,17)/t13-/m0/s1. The minimum absolute atomic E-state index is 0.0547. The summed E-state index contributed by atoms with van der Waals surface area (Å²) in [6.07, 6.45) is 1.83. The van der Waals surface area contributed by atoms with Gasteiger partial charge in [0.05, 0.1) is 0 Å². The van der Waals surface area contributed by atoms with Crippen molar-refractivity contribution in [2.45, 2.75) is 32.7 Å². The minimum atomic E-state index is -0.0915. The van der Waals surface area contributed by atoms with Crippen LogP contribution in [-0.2, 0) is 4.79 Å². The van der Waals surface area contributed by atoms with Gasteiger partial charge < -0.3 is 15.8 Å². The predicted molar refractivity (Wildman–Crippen MR) is 72.5 cm³/mol. The van der Waals surface area contributed by atoms with Gasteiger partial charge in [0.25, 0.3) is 5.91 Å². The molecule has 100 valence electrons. The maximum Gasteiger partial charge on any atom is 0.257 e. The summed E-state index contributed by atoms with van der Waals surface area (Å²) in [6, 6.07) is 7.63. The molecule has 0 aliphatic rings. The van der Waals surface area contributed by atoms with E-state index in [1.807, 2.05) is 38.1 Å². The van der Waals surface area contributed by atoms with Crippen molar-refractivity contribution in [3.05, 3.63) is 29.8 Å². The monoisotopic (exact) mass is 250 g/mol. The van der Waals surface area contributed by atoms with Gasteiger partial charge in [0.15, 0.2) is 6.61 Å². The van der Waals surface area contributed by atoms with E-state index in [9.17, 15) is 4.79 Å². The van der Waals surface area contributed by atoms with E-state index in [-0.39, 0.29) is 18.6 Å². The molecule has 1 aromatic rings. The van der Waals surface area contributed by atoms with Crippen molar-refractivity contribution in [2.75, 3.05) is 13.2 Å². The average Bonchev–Trinajstić information content (AvgIpc) is 2.42. The number of hydrogen-bond acceptors (Lipinski definition) is 3. The lowest BCUT2D eigenvalue weighted by atomic mass is 10.1. The third-order valence-electron chi connectivity index (χ3n) is 2.69. The third kappa shape index (κ3) is 4.75. The Hall–Kier alpha value is -1.55. The Bertz CT molecular complexity index is 363. The van der Waals surface area contributed by atoms with Crippen LogP contribution in [0.25, 0.3) is 0 Å². The molecule has 0 unspecified atom stereocenters. The van der Waals surface area contributed by atoms with Gasteiger partial charge in [0.2, 0.25) is 0 Å². The van der Waals surface area contributed by atoms with Crippen LogP contribution in [0, 0.1) is 0 Å². The first-order chi connectivity index (χ1) is 8.67. The van der Waals surface area contributed by atoms with E-state index in [1.165, 1.54) is 0 Å². The molecule has 0 aromatic heterocycles. The van der Waals surface area contributed by atoms with Crippen LogP contribution >= 0.6 is 0 Å². The molecule has 0 bridgehead atoms. The van der Waals surface area contributed by atoms with Gasteiger partial charge in [-0.15, -0.1) is 0 Å². The number of carbonyl (C=O) groups is 1. The molecule has 4 nitrogen and oxygen atoms in total. The van der Waals surface area contributed by atoms with Gasteiger partial charge in [-0.3, -0.25) is 4.79 Å². The lowest BCUT2D eigenvalue weighted by molar-refractivity contribution is -0.123. The zero-order valence-corrected chi connectivity index (χ0v) is 11.1. The molecule has 0 saturated heterocycles. The summed E-state index contributed by atoms with van der Waals surface area (Å²) in [5, 5.41) is 2.76. The van der Waals surface area contributed by atoms with E-state index in [2.05, 4.69) is 5.32 Å². The Balaban J connectivity index is 2.41. The second-order valence-corrected chi connectivity index (χ2v) is 4.22. The smallest absolute Gasteiger partial charge is 0.257 e. The summed E-state index contributed by atoms with van der Waals surface area (Å²) < 4.78 is 5.38. The maximum absolute atomic E-state index is 11.3. The van der Waals surface area contributed by atoms with Gasteiger partial charge in [0, 0.05) is 12.6 Å².